The quantitative estimate of drug-likeness (QED) is 0.233. The molecule has 0 atom stereocenters. The number of amides is 1. The van der Waals surface area contributed by atoms with E-state index in [1.165, 1.54) is 13.2 Å². The zero-order valence-electron chi connectivity index (χ0n) is 7.63. The number of methoxy groups -OCH3 is 1. The lowest BCUT2D eigenvalue weighted by Gasteiger charge is -2.02. The van der Waals surface area contributed by atoms with Crippen LogP contribution in [0, 0.1) is 0 Å². The van der Waals surface area contributed by atoms with Crippen molar-refractivity contribution in [2.75, 3.05) is 26.9 Å². The normalized spacial score (nSPS) is 9.31. The lowest BCUT2D eigenvalue weighted by atomic mass is 10.3. The van der Waals surface area contributed by atoms with Gasteiger partial charge in [0.1, 0.15) is 0 Å². The van der Waals surface area contributed by atoms with Crippen LogP contribution in [0.1, 0.15) is 0 Å². The third-order valence-electron chi connectivity index (χ3n) is 1.19. The number of ether oxygens (including phenoxy) is 1. The smallest absolute Gasteiger partial charge is 0.289 e. The first kappa shape index (κ1) is 11.8. The van der Waals surface area contributed by atoms with Gasteiger partial charge in [-0.3, -0.25) is 14.9 Å². The van der Waals surface area contributed by atoms with Crippen LogP contribution in [0.4, 0.5) is 0 Å². The van der Waals surface area contributed by atoms with E-state index in [9.17, 15) is 9.59 Å². The predicted molar refractivity (Wildman–Crippen MR) is 48.1 cm³/mol. The highest BCUT2D eigenvalue weighted by atomic mass is 16.5. The van der Waals surface area contributed by atoms with Gasteiger partial charge in [0.25, 0.3) is 5.91 Å². The first-order valence-corrected chi connectivity index (χ1v) is 3.84. The van der Waals surface area contributed by atoms with Gasteiger partial charge in [0.05, 0.1) is 13.3 Å². The zero-order valence-corrected chi connectivity index (χ0v) is 7.63. The number of carbonyl (C=O) groups is 2. The fourth-order valence-corrected chi connectivity index (χ4v) is 0.610. The molecule has 0 aromatic carbocycles. The van der Waals surface area contributed by atoms with E-state index in [0.29, 0.717) is 6.54 Å². The fourth-order valence-electron chi connectivity index (χ4n) is 0.610. The Kier molecular flexibility index (Phi) is 6.76. The van der Waals surface area contributed by atoms with Crippen LogP contribution in [-0.4, -0.2) is 38.6 Å². The number of ketones is 1. The van der Waals surface area contributed by atoms with Gasteiger partial charge in [0, 0.05) is 13.7 Å². The Bertz CT molecular complexity index is 192. The molecule has 0 heterocycles. The highest BCUT2D eigenvalue weighted by Gasteiger charge is 2.10. The Hall–Kier alpha value is -1.20. The van der Waals surface area contributed by atoms with Crippen molar-refractivity contribution in [2.45, 2.75) is 0 Å². The molecule has 0 bridgehead atoms. The Labute approximate surface area is 77.1 Å². The van der Waals surface area contributed by atoms with Gasteiger partial charge in [-0.15, -0.1) is 6.58 Å². The highest BCUT2D eigenvalue weighted by molar-refractivity contribution is 6.37. The monoisotopic (exact) mass is 186 g/mol. The number of hydrogen-bond donors (Lipinski definition) is 2. The van der Waals surface area contributed by atoms with Crippen LogP contribution in [0.2, 0.25) is 0 Å². The molecule has 0 rings (SSSR count). The van der Waals surface area contributed by atoms with E-state index < -0.39 is 11.7 Å². The average Bonchev–Trinajstić information content (AvgIpc) is 2.14. The fraction of sp³-hybridized carbons (Fsp3) is 0.500. The van der Waals surface area contributed by atoms with E-state index >= 15 is 0 Å². The SMILES string of the molecule is C=CCNC(=O)C(=O)CNCOC. The Morgan fingerprint density at radius 1 is 1.54 bits per heavy atom. The van der Waals surface area contributed by atoms with Crippen molar-refractivity contribution >= 4 is 11.7 Å². The van der Waals surface area contributed by atoms with Crippen molar-refractivity contribution in [3.05, 3.63) is 12.7 Å². The number of carbonyl (C=O) groups excluding carboxylic acids is 2. The van der Waals surface area contributed by atoms with E-state index in [4.69, 9.17) is 0 Å². The summed E-state index contributed by atoms with van der Waals surface area (Å²) in [6, 6.07) is 0. The topological polar surface area (TPSA) is 67.4 Å². The van der Waals surface area contributed by atoms with Crippen LogP contribution in [0.15, 0.2) is 12.7 Å². The van der Waals surface area contributed by atoms with E-state index in [-0.39, 0.29) is 13.3 Å². The molecule has 0 saturated heterocycles. The van der Waals surface area contributed by atoms with Gasteiger partial charge < -0.3 is 10.1 Å². The molecular formula is C8H14N2O3. The summed E-state index contributed by atoms with van der Waals surface area (Å²) in [5.41, 5.74) is 0. The van der Waals surface area contributed by atoms with Gasteiger partial charge in [0.2, 0.25) is 5.78 Å². The molecule has 0 radical (unpaired) electrons. The van der Waals surface area contributed by atoms with Gasteiger partial charge in [0.15, 0.2) is 0 Å². The molecule has 0 aliphatic heterocycles. The maximum Gasteiger partial charge on any atom is 0.289 e. The van der Waals surface area contributed by atoms with E-state index in [2.05, 4.69) is 21.9 Å². The van der Waals surface area contributed by atoms with Crippen molar-refractivity contribution in [1.82, 2.24) is 10.6 Å². The Balaban J connectivity index is 3.57. The number of rotatable bonds is 7. The predicted octanol–water partition coefficient (Wildman–Crippen LogP) is -0.949. The Morgan fingerprint density at radius 2 is 2.23 bits per heavy atom. The number of hydrogen-bond acceptors (Lipinski definition) is 4. The molecule has 5 nitrogen and oxygen atoms in total. The summed E-state index contributed by atoms with van der Waals surface area (Å²) in [4.78, 5) is 21.9. The van der Waals surface area contributed by atoms with Gasteiger partial charge in [-0.1, -0.05) is 6.08 Å². The summed E-state index contributed by atoms with van der Waals surface area (Å²) < 4.78 is 4.64. The average molecular weight is 186 g/mol. The summed E-state index contributed by atoms with van der Waals surface area (Å²) in [5, 5.41) is 5.01. The van der Waals surface area contributed by atoms with Crippen LogP contribution in [0.5, 0.6) is 0 Å². The van der Waals surface area contributed by atoms with Crippen LogP contribution in [0.3, 0.4) is 0 Å². The van der Waals surface area contributed by atoms with E-state index in [1.54, 1.807) is 0 Å². The molecular weight excluding hydrogens is 172 g/mol. The van der Waals surface area contributed by atoms with Crippen molar-refractivity contribution in [2.24, 2.45) is 0 Å². The molecule has 0 saturated carbocycles. The van der Waals surface area contributed by atoms with Crippen LogP contribution in [0.25, 0.3) is 0 Å². The largest absolute Gasteiger partial charge is 0.370 e. The van der Waals surface area contributed by atoms with E-state index in [0.717, 1.165) is 0 Å². The molecule has 2 N–H and O–H groups in total. The van der Waals surface area contributed by atoms with Crippen LogP contribution >= 0.6 is 0 Å². The summed E-state index contributed by atoms with van der Waals surface area (Å²) in [7, 11) is 1.50. The molecule has 0 unspecified atom stereocenters. The van der Waals surface area contributed by atoms with Gasteiger partial charge >= 0.3 is 0 Å². The molecule has 1 amide bonds. The first-order chi connectivity index (χ1) is 6.22. The highest BCUT2D eigenvalue weighted by Crippen LogP contribution is 1.72. The van der Waals surface area contributed by atoms with Crippen LogP contribution in [-0.2, 0) is 14.3 Å². The van der Waals surface area contributed by atoms with Crippen molar-refractivity contribution in [3.8, 4) is 0 Å². The first-order valence-electron chi connectivity index (χ1n) is 3.84. The minimum absolute atomic E-state index is 0.0170. The standard InChI is InChI=1S/C8H14N2O3/c1-3-4-10-8(12)7(11)5-9-6-13-2/h3,9H,1,4-6H2,2H3,(H,10,12). The molecule has 0 spiro atoms. The maximum absolute atomic E-state index is 11.0. The summed E-state index contributed by atoms with van der Waals surface area (Å²) in [6.07, 6.45) is 1.51. The second-order valence-corrected chi connectivity index (χ2v) is 2.28. The molecule has 0 fully saturated rings. The summed E-state index contributed by atoms with van der Waals surface area (Å²) in [5.74, 6) is -1.12. The number of nitrogens with one attached hydrogen (secondary N) is 2. The van der Waals surface area contributed by atoms with E-state index in [1.807, 2.05) is 0 Å². The molecule has 0 aliphatic rings. The van der Waals surface area contributed by atoms with Gasteiger partial charge in [-0.05, 0) is 0 Å². The summed E-state index contributed by atoms with van der Waals surface area (Å²) >= 11 is 0. The maximum atomic E-state index is 11.0. The second-order valence-electron chi connectivity index (χ2n) is 2.28. The van der Waals surface area contributed by atoms with Gasteiger partial charge in [-0.25, -0.2) is 0 Å². The number of Topliss-reactive ketones (excluding diaryl/α,β-unsaturated/α-hetero) is 1. The zero-order chi connectivity index (χ0) is 10.1. The molecule has 0 aliphatic carbocycles. The van der Waals surface area contributed by atoms with Crippen molar-refractivity contribution in [3.63, 3.8) is 0 Å². The molecule has 13 heavy (non-hydrogen) atoms. The molecule has 0 aromatic rings. The lowest BCUT2D eigenvalue weighted by molar-refractivity contribution is -0.137. The Morgan fingerprint density at radius 3 is 2.77 bits per heavy atom. The van der Waals surface area contributed by atoms with Crippen molar-refractivity contribution in [1.29, 1.82) is 0 Å². The third kappa shape index (κ3) is 6.01. The van der Waals surface area contributed by atoms with Crippen molar-refractivity contribution < 1.29 is 14.3 Å². The lowest BCUT2D eigenvalue weighted by Crippen LogP contribution is -2.37. The van der Waals surface area contributed by atoms with Gasteiger partial charge in [-0.2, -0.15) is 0 Å². The minimum Gasteiger partial charge on any atom is -0.370 e. The molecule has 0 aromatic heterocycles. The van der Waals surface area contributed by atoms with Crippen LogP contribution < -0.4 is 10.6 Å². The molecule has 5 heteroatoms. The summed E-state index contributed by atoms with van der Waals surface area (Å²) in [6.45, 7) is 3.94. The second kappa shape index (κ2) is 7.45. The third-order valence-corrected chi connectivity index (χ3v) is 1.19. The molecule has 74 valence electrons. The minimum atomic E-state index is -0.608.